The number of carbonyl (C=O) groups is 2. The Labute approximate surface area is 170 Å². The highest BCUT2D eigenvalue weighted by atomic mass is 16.5. The molecule has 2 fully saturated rings. The van der Waals surface area contributed by atoms with Crippen LogP contribution >= 0.6 is 0 Å². The lowest BCUT2D eigenvalue weighted by Gasteiger charge is -2.30. The van der Waals surface area contributed by atoms with E-state index in [0.29, 0.717) is 37.5 Å². The van der Waals surface area contributed by atoms with Crippen LogP contribution in [0.1, 0.15) is 12.8 Å². The summed E-state index contributed by atoms with van der Waals surface area (Å²) in [5, 5.41) is 5.85. The molecule has 1 saturated heterocycles. The van der Waals surface area contributed by atoms with Crippen molar-refractivity contribution in [2.75, 3.05) is 48.9 Å². The van der Waals surface area contributed by atoms with Crippen molar-refractivity contribution in [3.63, 3.8) is 0 Å². The zero-order chi connectivity index (χ0) is 20.3. The van der Waals surface area contributed by atoms with Crippen LogP contribution in [0.4, 0.5) is 17.1 Å². The average molecular weight is 395 g/mol. The van der Waals surface area contributed by atoms with E-state index in [1.54, 1.807) is 31.4 Å². The second-order valence-electron chi connectivity index (χ2n) is 7.34. The molecule has 0 unspecified atom stereocenters. The summed E-state index contributed by atoms with van der Waals surface area (Å²) in [6, 6.07) is 14.8. The molecule has 152 valence electrons. The number of benzene rings is 2. The van der Waals surface area contributed by atoms with Crippen LogP contribution in [0.25, 0.3) is 0 Å². The molecular formula is C22H25N3O4. The van der Waals surface area contributed by atoms with Crippen LogP contribution in [0.15, 0.2) is 48.5 Å². The summed E-state index contributed by atoms with van der Waals surface area (Å²) in [5.74, 6) is 0.0993. The number of para-hydroxylation sites is 2. The fourth-order valence-electron chi connectivity index (χ4n) is 3.54. The molecule has 0 radical (unpaired) electrons. The van der Waals surface area contributed by atoms with Gasteiger partial charge in [-0.1, -0.05) is 18.2 Å². The Morgan fingerprint density at radius 3 is 2.45 bits per heavy atom. The number of carbonyl (C=O) groups excluding carboxylic acids is 2. The third-order valence-electron chi connectivity index (χ3n) is 5.45. The Morgan fingerprint density at radius 2 is 1.72 bits per heavy atom. The van der Waals surface area contributed by atoms with Gasteiger partial charge >= 0.3 is 0 Å². The Morgan fingerprint density at radius 1 is 1.00 bits per heavy atom. The molecule has 0 spiro atoms. The minimum atomic E-state index is -1.03. The monoisotopic (exact) mass is 395 g/mol. The Bertz CT molecular complexity index is 904. The maximum absolute atomic E-state index is 13.0. The van der Waals surface area contributed by atoms with Gasteiger partial charge in [-0.25, -0.2) is 0 Å². The lowest BCUT2D eigenvalue weighted by molar-refractivity contribution is -0.131. The van der Waals surface area contributed by atoms with Gasteiger partial charge in [-0.2, -0.15) is 0 Å². The van der Waals surface area contributed by atoms with Crippen molar-refractivity contribution in [2.45, 2.75) is 12.8 Å². The Hall–Kier alpha value is -3.06. The molecule has 2 aromatic carbocycles. The van der Waals surface area contributed by atoms with E-state index in [9.17, 15) is 9.59 Å². The first-order valence-corrected chi connectivity index (χ1v) is 9.81. The van der Waals surface area contributed by atoms with Crippen LogP contribution in [0.2, 0.25) is 0 Å². The summed E-state index contributed by atoms with van der Waals surface area (Å²) in [5.41, 5.74) is 1.26. The molecule has 2 amide bonds. The highest BCUT2D eigenvalue weighted by Gasteiger charge is 2.56. The minimum Gasteiger partial charge on any atom is -0.497 e. The minimum absolute atomic E-state index is 0.265. The molecule has 29 heavy (non-hydrogen) atoms. The molecule has 1 heterocycles. The highest BCUT2D eigenvalue weighted by molar-refractivity contribution is 6.17. The summed E-state index contributed by atoms with van der Waals surface area (Å²) >= 11 is 0. The van der Waals surface area contributed by atoms with Crippen molar-refractivity contribution in [1.82, 2.24) is 0 Å². The first kappa shape index (κ1) is 19.3. The predicted molar refractivity (Wildman–Crippen MR) is 111 cm³/mol. The van der Waals surface area contributed by atoms with Crippen molar-refractivity contribution in [3.05, 3.63) is 48.5 Å². The number of nitrogens with zero attached hydrogens (tertiary/aromatic N) is 1. The van der Waals surface area contributed by atoms with Crippen molar-refractivity contribution in [1.29, 1.82) is 0 Å². The van der Waals surface area contributed by atoms with Crippen molar-refractivity contribution in [2.24, 2.45) is 5.41 Å². The van der Waals surface area contributed by atoms with E-state index in [1.165, 1.54) is 0 Å². The summed E-state index contributed by atoms with van der Waals surface area (Å²) in [7, 11) is 1.57. The van der Waals surface area contributed by atoms with Gasteiger partial charge < -0.3 is 25.0 Å². The predicted octanol–water partition coefficient (Wildman–Crippen LogP) is 2.89. The van der Waals surface area contributed by atoms with Crippen molar-refractivity contribution in [3.8, 4) is 5.75 Å². The first-order valence-electron chi connectivity index (χ1n) is 9.81. The molecule has 2 aromatic rings. The number of morpholine rings is 1. The second-order valence-corrected chi connectivity index (χ2v) is 7.34. The zero-order valence-corrected chi connectivity index (χ0v) is 16.4. The summed E-state index contributed by atoms with van der Waals surface area (Å²) in [4.78, 5) is 28.1. The third kappa shape index (κ3) is 4.05. The van der Waals surface area contributed by atoms with E-state index < -0.39 is 5.41 Å². The molecule has 7 nitrogen and oxygen atoms in total. The SMILES string of the molecule is COc1cccc(NC(=O)C2(C(=O)Nc3ccccc3N3CCOCC3)CC2)c1. The fraction of sp³-hybridized carbons (Fsp3) is 0.364. The maximum Gasteiger partial charge on any atom is 0.240 e. The van der Waals surface area contributed by atoms with E-state index in [4.69, 9.17) is 9.47 Å². The van der Waals surface area contributed by atoms with Crippen LogP contribution < -0.4 is 20.3 Å². The van der Waals surface area contributed by atoms with E-state index >= 15 is 0 Å². The van der Waals surface area contributed by atoms with Gasteiger partial charge in [-0.3, -0.25) is 9.59 Å². The third-order valence-corrected chi connectivity index (χ3v) is 5.45. The topological polar surface area (TPSA) is 79.9 Å². The molecule has 0 atom stereocenters. The van der Waals surface area contributed by atoms with Gasteiger partial charge in [-0.05, 0) is 37.1 Å². The first-order chi connectivity index (χ1) is 14.1. The second kappa shape index (κ2) is 8.13. The quantitative estimate of drug-likeness (QED) is 0.736. The normalized spacial score (nSPS) is 17.3. The highest BCUT2D eigenvalue weighted by Crippen LogP contribution is 2.48. The fourth-order valence-corrected chi connectivity index (χ4v) is 3.54. The number of anilines is 3. The standard InChI is InChI=1S/C22H25N3O4/c1-28-17-6-4-5-16(15-17)23-20(26)22(9-10-22)21(27)24-18-7-2-3-8-19(18)25-11-13-29-14-12-25/h2-8,15H,9-14H2,1H3,(H,23,26)(H,24,27). The number of ether oxygens (including phenoxy) is 2. The number of nitrogens with one attached hydrogen (secondary N) is 2. The van der Waals surface area contributed by atoms with Crippen LogP contribution in [0.3, 0.4) is 0 Å². The zero-order valence-electron chi connectivity index (χ0n) is 16.4. The van der Waals surface area contributed by atoms with E-state index in [2.05, 4.69) is 15.5 Å². The molecule has 0 bridgehead atoms. The average Bonchev–Trinajstić information content (AvgIpc) is 3.57. The van der Waals surface area contributed by atoms with Gasteiger partial charge in [0, 0.05) is 24.8 Å². The summed E-state index contributed by atoms with van der Waals surface area (Å²) < 4.78 is 10.6. The summed E-state index contributed by atoms with van der Waals surface area (Å²) in [6.45, 7) is 2.87. The lowest BCUT2D eigenvalue weighted by Crippen LogP contribution is -2.38. The number of rotatable bonds is 6. The van der Waals surface area contributed by atoms with E-state index in [-0.39, 0.29) is 11.8 Å². The van der Waals surface area contributed by atoms with Crippen molar-refractivity contribution < 1.29 is 19.1 Å². The van der Waals surface area contributed by atoms with Crippen LogP contribution in [-0.4, -0.2) is 45.2 Å². The molecule has 1 aliphatic carbocycles. The van der Waals surface area contributed by atoms with Crippen LogP contribution in [-0.2, 0) is 14.3 Å². The lowest BCUT2D eigenvalue weighted by atomic mass is 10.0. The molecule has 1 saturated carbocycles. The molecule has 1 aliphatic heterocycles. The summed E-state index contributed by atoms with van der Waals surface area (Å²) in [6.07, 6.45) is 1.07. The van der Waals surface area contributed by atoms with Gasteiger partial charge in [0.05, 0.1) is 31.7 Å². The van der Waals surface area contributed by atoms with Crippen LogP contribution in [0, 0.1) is 5.41 Å². The Balaban J connectivity index is 1.47. The van der Waals surface area contributed by atoms with Gasteiger partial charge in [0.25, 0.3) is 0 Å². The largest absolute Gasteiger partial charge is 0.497 e. The number of hydrogen-bond donors (Lipinski definition) is 2. The smallest absolute Gasteiger partial charge is 0.240 e. The molecule has 7 heteroatoms. The van der Waals surface area contributed by atoms with E-state index in [1.807, 2.05) is 24.3 Å². The van der Waals surface area contributed by atoms with Crippen LogP contribution in [0.5, 0.6) is 5.75 Å². The number of hydrogen-bond acceptors (Lipinski definition) is 5. The van der Waals surface area contributed by atoms with Gasteiger partial charge in [0.1, 0.15) is 11.2 Å². The van der Waals surface area contributed by atoms with Gasteiger partial charge in [-0.15, -0.1) is 0 Å². The van der Waals surface area contributed by atoms with Gasteiger partial charge in [0.2, 0.25) is 11.8 Å². The molecule has 0 aromatic heterocycles. The number of amides is 2. The van der Waals surface area contributed by atoms with Crippen molar-refractivity contribution >= 4 is 28.9 Å². The maximum atomic E-state index is 13.0. The Kier molecular flexibility index (Phi) is 5.40. The molecule has 2 N–H and O–H groups in total. The van der Waals surface area contributed by atoms with Gasteiger partial charge in [0.15, 0.2) is 0 Å². The van der Waals surface area contributed by atoms with E-state index in [0.717, 1.165) is 24.5 Å². The number of methoxy groups -OCH3 is 1. The molecular weight excluding hydrogens is 370 g/mol. The molecule has 2 aliphatic rings. The molecule has 4 rings (SSSR count).